The van der Waals surface area contributed by atoms with Crippen LogP contribution < -0.4 is 0 Å². The zero-order valence-electron chi connectivity index (χ0n) is 6.92. The lowest BCUT2D eigenvalue weighted by atomic mass is 10.1. The van der Waals surface area contributed by atoms with Crippen LogP contribution in [0, 0.1) is 6.92 Å². The first kappa shape index (κ1) is 13.5. The Balaban J connectivity index is 4.45. The van der Waals surface area contributed by atoms with Gasteiger partial charge in [0.2, 0.25) is 0 Å². The monoisotopic (exact) mass is 225 g/mol. The lowest BCUT2D eigenvalue weighted by Gasteiger charge is -2.23. The predicted molar refractivity (Wildman–Crippen MR) is 35.4 cm³/mol. The van der Waals surface area contributed by atoms with Gasteiger partial charge in [-0.25, -0.2) is 17.6 Å². The Labute approximate surface area is 76.1 Å². The van der Waals surface area contributed by atoms with Crippen molar-refractivity contribution in [3.05, 3.63) is 6.92 Å². The van der Waals surface area contributed by atoms with E-state index in [4.69, 9.17) is 0 Å². The fourth-order valence-electron chi connectivity index (χ4n) is 0.740. The average molecular weight is 225 g/mol. The molecule has 1 unspecified atom stereocenters. The second kappa shape index (κ2) is 4.35. The number of hydrogen-bond acceptors (Lipinski definition) is 0. The molecule has 0 aromatic rings. The number of hydrogen-bond donors (Lipinski definition) is 0. The van der Waals surface area contributed by atoms with Gasteiger partial charge in [-0.05, 0) is 6.42 Å². The predicted octanol–water partition coefficient (Wildman–Crippen LogP) is 3.47. The fourth-order valence-corrected chi connectivity index (χ4v) is 0.740. The van der Waals surface area contributed by atoms with Crippen LogP contribution in [0.25, 0.3) is 0 Å². The van der Waals surface area contributed by atoms with Gasteiger partial charge in [0.25, 0.3) is 12.1 Å². The molecule has 0 amide bonds. The topological polar surface area (TPSA) is 0 Å². The molecule has 14 heavy (non-hydrogen) atoms. The van der Waals surface area contributed by atoms with Gasteiger partial charge in [0, 0.05) is 6.42 Å². The third kappa shape index (κ3) is 3.71. The SMILES string of the molecule is [CH2]CC(F)CC(F)(F)[C@H](F)C(F)(F)F. The van der Waals surface area contributed by atoms with E-state index >= 15 is 0 Å². The highest BCUT2D eigenvalue weighted by Gasteiger charge is 2.57. The largest absolute Gasteiger partial charge is 0.425 e. The standard InChI is InChI=1S/C7H8F7/c1-2-4(8)3-6(10,11)5(9)7(12,13)14/h4-5H,1-3H2/t4?,5-/m0/s1. The minimum atomic E-state index is -5.68. The van der Waals surface area contributed by atoms with Gasteiger partial charge in [-0.1, -0.05) is 6.92 Å². The Bertz CT molecular complexity index is 173. The molecule has 85 valence electrons. The summed E-state index contributed by atoms with van der Waals surface area (Å²) in [6.07, 6.45) is -14.7. The second-order valence-electron chi connectivity index (χ2n) is 2.76. The first-order valence-corrected chi connectivity index (χ1v) is 3.63. The van der Waals surface area contributed by atoms with E-state index in [1.807, 2.05) is 0 Å². The normalized spacial score (nSPS) is 18.0. The van der Waals surface area contributed by atoms with E-state index in [0.29, 0.717) is 0 Å². The number of halogens is 7. The van der Waals surface area contributed by atoms with Crippen LogP contribution in [0.15, 0.2) is 0 Å². The molecule has 0 aliphatic heterocycles. The van der Waals surface area contributed by atoms with Crippen LogP contribution in [0.5, 0.6) is 0 Å². The molecule has 0 rings (SSSR count). The molecule has 0 aromatic carbocycles. The summed E-state index contributed by atoms with van der Waals surface area (Å²) in [5, 5.41) is 0. The first-order chi connectivity index (χ1) is 6.11. The van der Waals surface area contributed by atoms with Crippen molar-refractivity contribution in [3.8, 4) is 0 Å². The smallest absolute Gasteiger partial charge is 0.247 e. The molecule has 0 saturated carbocycles. The maximum absolute atomic E-state index is 12.4. The summed E-state index contributed by atoms with van der Waals surface area (Å²) in [5.74, 6) is -4.74. The highest BCUT2D eigenvalue weighted by molar-refractivity contribution is 4.85. The van der Waals surface area contributed by atoms with Gasteiger partial charge >= 0.3 is 6.18 Å². The minimum Gasteiger partial charge on any atom is -0.247 e. The van der Waals surface area contributed by atoms with Gasteiger partial charge in [-0.3, -0.25) is 0 Å². The first-order valence-electron chi connectivity index (χ1n) is 3.63. The molecule has 0 aromatic heterocycles. The van der Waals surface area contributed by atoms with E-state index in [9.17, 15) is 30.7 Å². The van der Waals surface area contributed by atoms with Crippen LogP contribution in [0.2, 0.25) is 0 Å². The van der Waals surface area contributed by atoms with Gasteiger partial charge in [-0.2, -0.15) is 13.2 Å². The third-order valence-corrected chi connectivity index (χ3v) is 1.47. The number of rotatable bonds is 4. The van der Waals surface area contributed by atoms with Gasteiger partial charge in [0.1, 0.15) is 6.17 Å². The molecular formula is C7H8F7. The molecule has 0 saturated heterocycles. The van der Waals surface area contributed by atoms with Crippen LogP contribution in [0.3, 0.4) is 0 Å². The maximum Gasteiger partial charge on any atom is 0.425 e. The molecular weight excluding hydrogens is 217 g/mol. The molecule has 7 heteroatoms. The van der Waals surface area contributed by atoms with Crippen LogP contribution in [0.4, 0.5) is 30.7 Å². The van der Waals surface area contributed by atoms with E-state index in [1.54, 1.807) is 0 Å². The zero-order valence-corrected chi connectivity index (χ0v) is 6.92. The van der Waals surface area contributed by atoms with Crippen molar-refractivity contribution < 1.29 is 30.7 Å². The van der Waals surface area contributed by atoms with Crippen molar-refractivity contribution in [1.82, 2.24) is 0 Å². The van der Waals surface area contributed by atoms with Crippen molar-refractivity contribution in [2.45, 2.75) is 37.3 Å². The van der Waals surface area contributed by atoms with Crippen molar-refractivity contribution in [3.63, 3.8) is 0 Å². The zero-order chi connectivity index (χ0) is 11.6. The van der Waals surface area contributed by atoms with E-state index in [1.165, 1.54) is 0 Å². The van der Waals surface area contributed by atoms with Gasteiger partial charge in [0.15, 0.2) is 0 Å². The third-order valence-electron chi connectivity index (χ3n) is 1.47. The Morgan fingerprint density at radius 1 is 1.00 bits per heavy atom. The summed E-state index contributed by atoms with van der Waals surface area (Å²) >= 11 is 0. The Hall–Kier alpha value is -0.490. The fraction of sp³-hybridized carbons (Fsp3) is 0.857. The molecule has 0 N–H and O–H groups in total. The summed E-state index contributed by atoms with van der Waals surface area (Å²) < 4.78 is 83.7. The molecule has 0 nitrogen and oxygen atoms in total. The second-order valence-corrected chi connectivity index (χ2v) is 2.76. The summed E-state index contributed by atoms with van der Waals surface area (Å²) in [7, 11) is 0. The molecule has 0 aliphatic rings. The minimum absolute atomic E-state index is 0.625. The highest BCUT2D eigenvalue weighted by atomic mass is 19.4. The van der Waals surface area contributed by atoms with E-state index < -0.39 is 37.3 Å². The highest BCUT2D eigenvalue weighted by Crippen LogP contribution is 2.38. The van der Waals surface area contributed by atoms with Gasteiger partial charge < -0.3 is 0 Å². The molecule has 0 aliphatic carbocycles. The summed E-state index contributed by atoms with van der Waals surface area (Å²) in [4.78, 5) is 0. The number of alkyl halides is 7. The van der Waals surface area contributed by atoms with E-state index in [0.717, 1.165) is 0 Å². The van der Waals surface area contributed by atoms with E-state index in [2.05, 4.69) is 6.92 Å². The van der Waals surface area contributed by atoms with Gasteiger partial charge in [0.05, 0.1) is 0 Å². The van der Waals surface area contributed by atoms with Crippen molar-refractivity contribution in [2.24, 2.45) is 0 Å². The molecule has 0 heterocycles. The molecule has 0 bridgehead atoms. The molecule has 0 spiro atoms. The molecule has 0 fully saturated rings. The van der Waals surface area contributed by atoms with Crippen molar-refractivity contribution in [2.75, 3.05) is 0 Å². The van der Waals surface area contributed by atoms with Gasteiger partial charge in [-0.15, -0.1) is 0 Å². The maximum atomic E-state index is 12.4. The molecule has 1 radical (unpaired) electrons. The van der Waals surface area contributed by atoms with Crippen LogP contribution in [-0.4, -0.2) is 24.4 Å². The van der Waals surface area contributed by atoms with E-state index in [-0.39, 0.29) is 0 Å². The quantitative estimate of drug-likeness (QED) is 0.642. The Kier molecular flexibility index (Phi) is 4.20. The molecule has 2 atom stereocenters. The van der Waals surface area contributed by atoms with Crippen molar-refractivity contribution >= 4 is 0 Å². The summed E-state index contributed by atoms with van der Waals surface area (Å²) in [6.45, 7) is 2.88. The Morgan fingerprint density at radius 2 is 1.43 bits per heavy atom. The van der Waals surface area contributed by atoms with Crippen molar-refractivity contribution in [1.29, 1.82) is 0 Å². The average Bonchev–Trinajstić information content (AvgIpc) is 2.00. The van der Waals surface area contributed by atoms with Crippen LogP contribution in [0.1, 0.15) is 12.8 Å². The van der Waals surface area contributed by atoms with Crippen LogP contribution >= 0.6 is 0 Å². The summed E-state index contributed by atoms with van der Waals surface area (Å²) in [5.41, 5.74) is 0. The lowest BCUT2D eigenvalue weighted by molar-refractivity contribution is -0.248. The summed E-state index contributed by atoms with van der Waals surface area (Å²) in [6, 6.07) is 0. The van der Waals surface area contributed by atoms with Crippen LogP contribution in [-0.2, 0) is 0 Å². The lowest BCUT2D eigenvalue weighted by Crippen LogP contribution is -2.43. The Morgan fingerprint density at radius 3 is 1.71 bits per heavy atom.